The van der Waals surface area contributed by atoms with Gasteiger partial charge in [-0.15, -0.1) is 11.8 Å². The zero-order valence-electron chi connectivity index (χ0n) is 12.1. The molecule has 0 amide bonds. The quantitative estimate of drug-likeness (QED) is 0.668. The molecule has 0 radical (unpaired) electrons. The first kappa shape index (κ1) is 15.1. The highest BCUT2D eigenvalue weighted by Gasteiger charge is 2.15. The van der Waals surface area contributed by atoms with E-state index in [4.69, 9.17) is 12.2 Å². The average Bonchev–Trinajstić information content (AvgIpc) is 2.59. The first-order chi connectivity index (χ1) is 10.8. The monoisotopic (exact) mass is 327 g/mol. The second-order valence-corrected chi connectivity index (χ2v) is 6.48. The van der Waals surface area contributed by atoms with Crippen LogP contribution in [-0.4, -0.2) is 16.6 Å². The Morgan fingerprint density at radius 3 is 2.73 bits per heavy atom. The van der Waals surface area contributed by atoms with E-state index in [0.29, 0.717) is 11.7 Å². The van der Waals surface area contributed by atoms with Crippen LogP contribution in [0, 0.1) is 0 Å². The van der Waals surface area contributed by atoms with Crippen molar-refractivity contribution in [1.29, 1.82) is 0 Å². The molecule has 0 atom stereocenters. The molecular weight excluding hydrogens is 310 g/mol. The zero-order valence-corrected chi connectivity index (χ0v) is 13.7. The molecular formula is C17H17N3S2. The van der Waals surface area contributed by atoms with Crippen LogP contribution in [0.1, 0.15) is 17.5 Å². The molecule has 0 unspecified atom stereocenters. The number of hydrogen-bond donors (Lipinski definition) is 2. The SMILES string of the molecule is S=C(NCc1ccccc1)N/N=C1/CCSc2ccccc21. The minimum absolute atomic E-state index is 0.548. The zero-order chi connectivity index (χ0) is 15.2. The third kappa shape index (κ3) is 3.87. The summed E-state index contributed by atoms with van der Waals surface area (Å²) in [4.78, 5) is 1.29. The van der Waals surface area contributed by atoms with E-state index in [9.17, 15) is 0 Å². The van der Waals surface area contributed by atoms with Crippen LogP contribution in [0.2, 0.25) is 0 Å². The standard InChI is InChI=1S/C17H17N3S2/c21-17(18-12-13-6-2-1-3-7-13)20-19-15-10-11-22-16-9-5-4-8-14(15)16/h1-9H,10-12H2,(H2,18,20,21)/b19-15-. The van der Waals surface area contributed by atoms with Crippen LogP contribution in [0.5, 0.6) is 0 Å². The fourth-order valence-corrected chi connectivity index (χ4v) is 3.42. The van der Waals surface area contributed by atoms with Gasteiger partial charge in [0, 0.05) is 29.2 Å². The molecule has 3 nitrogen and oxygen atoms in total. The van der Waals surface area contributed by atoms with Crippen LogP contribution in [0.3, 0.4) is 0 Å². The van der Waals surface area contributed by atoms with E-state index in [1.165, 1.54) is 16.0 Å². The fourth-order valence-electron chi connectivity index (χ4n) is 2.28. The number of benzene rings is 2. The van der Waals surface area contributed by atoms with Gasteiger partial charge in [-0.25, -0.2) is 0 Å². The molecule has 1 aliphatic rings. The van der Waals surface area contributed by atoms with Gasteiger partial charge in [0.25, 0.3) is 0 Å². The second kappa shape index (κ2) is 7.42. The molecule has 112 valence electrons. The molecule has 1 heterocycles. The van der Waals surface area contributed by atoms with Crippen LogP contribution in [-0.2, 0) is 6.54 Å². The summed E-state index contributed by atoms with van der Waals surface area (Å²) in [6, 6.07) is 18.5. The van der Waals surface area contributed by atoms with Crippen LogP contribution < -0.4 is 10.7 Å². The molecule has 0 aromatic heterocycles. The van der Waals surface area contributed by atoms with Crippen molar-refractivity contribution in [3.05, 3.63) is 65.7 Å². The molecule has 0 aliphatic carbocycles. The summed E-state index contributed by atoms with van der Waals surface area (Å²) in [5, 5.41) is 8.21. The van der Waals surface area contributed by atoms with E-state index in [-0.39, 0.29) is 0 Å². The molecule has 0 spiro atoms. The topological polar surface area (TPSA) is 36.4 Å². The third-order valence-electron chi connectivity index (χ3n) is 3.38. The smallest absolute Gasteiger partial charge is 0.187 e. The van der Waals surface area contributed by atoms with Crippen molar-refractivity contribution in [1.82, 2.24) is 10.7 Å². The van der Waals surface area contributed by atoms with Gasteiger partial charge in [-0.2, -0.15) is 5.10 Å². The van der Waals surface area contributed by atoms with Crippen molar-refractivity contribution in [2.75, 3.05) is 5.75 Å². The van der Waals surface area contributed by atoms with Crippen molar-refractivity contribution in [2.24, 2.45) is 5.10 Å². The number of hydrogen-bond acceptors (Lipinski definition) is 3. The first-order valence-electron chi connectivity index (χ1n) is 7.19. The van der Waals surface area contributed by atoms with Crippen molar-refractivity contribution < 1.29 is 0 Å². The third-order valence-corrected chi connectivity index (χ3v) is 4.69. The normalized spacial score (nSPS) is 15.2. The van der Waals surface area contributed by atoms with E-state index >= 15 is 0 Å². The summed E-state index contributed by atoms with van der Waals surface area (Å²) in [5.74, 6) is 1.06. The van der Waals surface area contributed by atoms with Gasteiger partial charge in [0.1, 0.15) is 0 Å². The summed E-state index contributed by atoms with van der Waals surface area (Å²) >= 11 is 7.16. The Bertz CT molecular complexity index is 683. The van der Waals surface area contributed by atoms with E-state index in [1.807, 2.05) is 36.0 Å². The number of rotatable bonds is 3. The van der Waals surface area contributed by atoms with Crippen molar-refractivity contribution in [3.63, 3.8) is 0 Å². The number of hydrazone groups is 1. The van der Waals surface area contributed by atoms with Crippen LogP contribution in [0.4, 0.5) is 0 Å². The maximum atomic E-state index is 5.29. The minimum atomic E-state index is 0.548. The van der Waals surface area contributed by atoms with Gasteiger partial charge in [0.2, 0.25) is 0 Å². The summed E-state index contributed by atoms with van der Waals surface area (Å²) in [6.07, 6.45) is 0.954. The predicted molar refractivity (Wildman–Crippen MR) is 97.3 cm³/mol. The van der Waals surface area contributed by atoms with Crippen molar-refractivity contribution >= 4 is 34.8 Å². The summed E-state index contributed by atoms with van der Waals surface area (Å²) in [7, 11) is 0. The molecule has 0 saturated carbocycles. The summed E-state index contributed by atoms with van der Waals surface area (Å²) < 4.78 is 0. The second-order valence-electron chi connectivity index (χ2n) is 4.93. The molecule has 0 bridgehead atoms. The highest BCUT2D eigenvalue weighted by atomic mass is 32.2. The number of nitrogens with one attached hydrogen (secondary N) is 2. The number of thiocarbonyl (C=S) groups is 1. The Morgan fingerprint density at radius 1 is 1.09 bits per heavy atom. The van der Waals surface area contributed by atoms with Gasteiger partial charge in [0.05, 0.1) is 5.71 Å². The van der Waals surface area contributed by atoms with Crippen LogP contribution in [0.15, 0.2) is 64.6 Å². The molecule has 5 heteroatoms. The van der Waals surface area contributed by atoms with E-state index in [1.54, 1.807) is 0 Å². The summed E-state index contributed by atoms with van der Waals surface area (Å²) in [6.45, 7) is 0.698. The maximum absolute atomic E-state index is 5.29. The van der Waals surface area contributed by atoms with E-state index < -0.39 is 0 Å². The number of thioether (sulfide) groups is 1. The molecule has 2 N–H and O–H groups in total. The number of nitrogens with zero attached hydrogens (tertiary/aromatic N) is 1. The van der Waals surface area contributed by atoms with E-state index in [2.05, 4.69) is 46.2 Å². The Morgan fingerprint density at radius 2 is 1.86 bits per heavy atom. The Hall–Kier alpha value is -1.85. The Kier molecular flexibility index (Phi) is 5.08. The molecule has 2 aromatic rings. The lowest BCUT2D eigenvalue weighted by atomic mass is 10.1. The Balaban J connectivity index is 1.59. The molecule has 0 fully saturated rings. The van der Waals surface area contributed by atoms with Crippen molar-refractivity contribution in [2.45, 2.75) is 17.9 Å². The van der Waals surface area contributed by atoms with Gasteiger partial charge in [0.15, 0.2) is 5.11 Å². The lowest BCUT2D eigenvalue weighted by molar-refractivity contribution is 0.864. The predicted octanol–water partition coefficient (Wildman–Crippen LogP) is 3.55. The van der Waals surface area contributed by atoms with Gasteiger partial charge in [-0.1, -0.05) is 48.5 Å². The lowest BCUT2D eigenvalue weighted by Crippen LogP contribution is -2.32. The van der Waals surface area contributed by atoms with E-state index in [0.717, 1.165) is 17.9 Å². The Labute approximate surface area is 140 Å². The molecule has 1 aliphatic heterocycles. The molecule has 0 saturated heterocycles. The maximum Gasteiger partial charge on any atom is 0.187 e. The van der Waals surface area contributed by atoms with Gasteiger partial charge in [-0.3, -0.25) is 5.43 Å². The summed E-state index contributed by atoms with van der Waals surface area (Å²) in [5.41, 5.74) is 6.43. The van der Waals surface area contributed by atoms with Crippen LogP contribution >= 0.6 is 24.0 Å². The van der Waals surface area contributed by atoms with Gasteiger partial charge < -0.3 is 5.32 Å². The van der Waals surface area contributed by atoms with Crippen LogP contribution in [0.25, 0.3) is 0 Å². The molecule has 22 heavy (non-hydrogen) atoms. The minimum Gasteiger partial charge on any atom is -0.357 e. The van der Waals surface area contributed by atoms with Gasteiger partial charge >= 0.3 is 0 Å². The lowest BCUT2D eigenvalue weighted by Gasteiger charge is -2.17. The fraction of sp³-hybridized carbons (Fsp3) is 0.176. The largest absolute Gasteiger partial charge is 0.357 e. The number of fused-ring (bicyclic) bond motifs is 1. The first-order valence-corrected chi connectivity index (χ1v) is 8.59. The highest BCUT2D eigenvalue weighted by molar-refractivity contribution is 7.99. The van der Waals surface area contributed by atoms with Gasteiger partial charge in [-0.05, 0) is 23.8 Å². The molecule has 3 rings (SSSR count). The van der Waals surface area contributed by atoms with Crippen molar-refractivity contribution in [3.8, 4) is 0 Å². The highest BCUT2D eigenvalue weighted by Crippen LogP contribution is 2.29. The molecule has 2 aromatic carbocycles. The average molecular weight is 327 g/mol.